The van der Waals surface area contributed by atoms with E-state index in [9.17, 15) is 4.79 Å². The van der Waals surface area contributed by atoms with Crippen molar-refractivity contribution < 1.29 is 9.53 Å². The number of nitrogens with one attached hydrogen (secondary N) is 1. The van der Waals surface area contributed by atoms with E-state index in [1.807, 2.05) is 6.07 Å². The topological polar surface area (TPSA) is 90.4 Å². The van der Waals surface area contributed by atoms with Gasteiger partial charge in [-0.25, -0.2) is 0 Å². The zero-order valence-corrected chi connectivity index (χ0v) is 10.7. The van der Waals surface area contributed by atoms with Crippen LogP contribution in [0.3, 0.4) is 0 Å². The van der Waals surface area contributed by atoms with Gasteiger partial charge in [-0.05, 0) is 37.5 Å². The zero-order chi connectivity index (χ0) is 13.4. The Labute approximate surface area is 107 Å². The van der Waals surface area contributed by atoms with Crippen LogP contribution < -0.4 is 16.8 Å². The molecule has 1 aromatic carbocycles. The molecule has 5 nitrogen and oxygen atoms in total. The van der Waals surface area contributed by atoms with Crippen molar-refractivity contribution in [2.24, 2.45) is 5.73 Å². The first kappa shape index (κ1) is 14.3. The molecule has 0 aromatic heterocycles. The molecule has 5 N–H and O–H groups in total. The Morgan fingerprint density at radius 3 is 2.78 bits per heavy atom. The summed E-state index contributed by atoms with van der Waals surface area (Å²) in [7, 11) is 1.71. The lowest BCUT2D eigenvalue weighted by molar-refractivity contribution is 0.100. The Morgan fingerprint density at radius 1 is 1.33 bits per heavy atom. The minimum absolute atomic E-state index is 0.361. The highest BCUT2D eigenvalue weighted by molar-refractivity contribution is 5.98. The third-order valence-electron chi connectivity index (χ3n) is 2.67. The maximum Gasteiger partial charge on any atom is 0.250 e. The van der Waals surface area contributed by atoms with Gasteiger partial charge in [0.25, 0.3) is 5.91 Å². The summed E-state index contributed by atoms with van der Waals surface area (Å²) in [6.07, 6.45) is 3.23. The maximum absolute atomic E-state index is 11.1. The number of carbonyl (C=O) groups is 1. The Bertz CT molecular complexity index is 394. The number of ether oxygens (including phenoxy) is 1. The van der Waals surface area contributed by atoms with Crippen LogP contribution in [-0.4, -0.2) is 26.2 Å². The first-order valence-electron chi connectivity index (χ1n) is 6.07. The number of rotatable bonds is 8. The van der Waals surface area contributed by atoms with E-state index < -0.39 is 5.91 Å². The molecule has 0 heterocycles. The quantitative estimate of drug-likeness (QED) is 0.483. The third-order valence-corrected chi connectivity index (χ3v) is 2.67. The Balaban J connectivity index is 2.38. The van der Waals surface area contributed by atoms with Gasteiger partial charge in [-0.1, -0.05) is 0 Å². The number of carbonyl (C=O) groups excluding carboxylic acids is 1. The molecule has 100 valence electrons. The second-order valence-corrected chi connectivity index (χ2v) is 4.15. The number of methoxy groups -OCH3 is 1. The normalized spacial score (nSPS) is 10.3. The number of benzene rings is 1. The lowest BCUT2D eigenvalue weighted by atomic mass is 10.1. The molecule has 1 amide bonds. The van der Waals surface area contributed by atoms with Crippen molar-refractivity contribution in [3.05, 3.63) is 23.8 Å². The number of hydrogen-bond donors (Lipinski definition) is 3. The van der Waals surface area contributed by atoms with Crippen molar-refractivity contribution in [3.8, 4) is 0 Å². The second-order valence-electron chi connectivity index (χ2n) is 4.15. The van der Waals surface area contributed by atoms with Crippen molar-refractivity contribution >= 4 is 17.3 Å². The number of amides is 1. The number of nitrogen functional groups attached to an aromatic ring is 1. The molecule has 18 heavy (non-hydrogen) atoms. The third kappa shape index (κ3) is 4.63. The highest BCUT2D eigenvalue weighted by atomic mass is 16.5. The Kier molecular flexibility index (Phi) is 6.00. The summed E-state index contributed by atoms with van der Waals surface area (Å²) < 4.78 is 4.98. The van der Waals surface area contributed by atoms with Gasteiger partial charge in [-0.2, -0.15) is 0 Å². The molecule has 0 spiro atoms. The van der Waals surface area contributed by atoms with Crippen molar-refractivity contribution in [1.29, 1.82) is 0 Å². The van der Waals surface area contributed by atoms with Crippen molar-refractivity contribution in [1.82, 2.24) is 0 Å². The highest BCUT2D eigenvalue weighted by Crippen LogP contribution is 2.17. The van der Waals surface area contributed by atoms with Gasteiger partial charge in [0.1, 0.15) is 0 Å². The van der Waals surface area contributed by atoms with Crippen LogP contribution in [0.4, 0.5) is 11.4 Å². The number of nitrogens with two attached hydrogens (primary N) is 2. The maximum atomic E-state index is 11.1. The lowest BCUT2D eigenvalue weighted by Gasteiger charge is -2.09. The molecule has 1 rings (SSSR count). The van der Waals surface area contributed by atoms with E-state index in [1.165, 1.54) is 0 Å². The predicted octanol–water partition coefficient (Wildman–Crippen LogP) is 1.60. The van der Waals surface area contributed by atoms with E-state index in [1.54, 1.807) is 19.2 Å². The fourth-order valence-corrected chi connectivity index (χ4v) is 1.66. The first-order valence-corrected chi connectivity index (χ1v) is 6.07. The van der Waals surface area contributed by atoms with E-state index in [0.29, 0.717) is 11.3 Å². The minimum Gasteiger partial charge on any atom is -0.398 e. The second kappa shape index (κ2) is 7.55. The number of hydrogen-bond acceptors (Lipinski definition) is 4. The number of anilines is 2. The molecule has 0 aliphatic rings. The first-order chi connectivity index (χ1) is 8.65. The zero-order valence-electron chi connectivity index (χ0n) is 10.7. The van der Waals surface area contributed by atoms with Crippen LogP contribution in [0.25, 0.3) is 0 Å². The van der Waals surface area contributed by atoms with Crippen LogP contribution in [0.1, 0.15) is 29.6 Å². The summed E-state index contributed by atoms with van der Waals surface area (Å²) >= 11 is 0. The minimum atomic E-state index is -0.503. The Hall–Kier alpha value is -1.75. The monoisotopic (exact) mass is 251 g/mol. The molecule has 0 fully saturated rings. The van der Waals surface area contributed by atoms with Gasteiger partial charge in [0.05, 0.1) is 5.56 Å². The molecule has 0 aliphatic carbocycles. The van der Waals surface area contributed by atoms with E-state index in [0.717, 1.165) is 38.1 Å². The number of primary amides is 1. The van der Waals surface area contributed by atoms with E-state index in [2.05, 4.69) is 5.32 Å². The van der Waals surface area contributed by atoms with Gasteiger partial charge in [-0.3, -0.25) is 4.79 Å². The molecule has 0 bridgehead atoms. The summed E-state index contributed by atoms with van der Waals surface area (Å²) in [6, 6.07) is 5.22. The molecule has 1 aromatic rings. The van der Waals surface area contributed by atoms with Gasteiger partial charge in [0.2, 0.25) is 0 Å². The van der Waals surface area contributed by atoms with Crippen LogP contribution in [-0.2, 0) is 4.74 Å². The summed E-state index contributed by atoms with van der Waals surface area (Å²) in [6.45, 7) is 1.65. The van der Waals surface area contributed by atoms with Crippen molar-refractivity contribution in [2.75, 3.05) is 31.3 Å². The molecule has 0 saturated carbocycles. The van der Waals surface area contributed by atoms with E-state index in [-0.39, 0.29) is 0 Å². The van der Waals surface area contributed by atoms with Crippen LogP contribution in [0, 0.1) is 0 Å². The van der Waals surface area contributed by atoms with Gasteiger partial charge in [0.15, 0.2) is 0 Å². The van der Waals surface area contributed by atoms with Gasteiger partial charge in [0, 0.05) is 31.6 Å². The largest absolute Gasteiger partial charge is 0.398 e. The van der Waals surface area contributed by atoms with Crippen molar-refractivity contribution in [2.45, 2.75) is 19.3 Å². The van der Waals surface area contributed by atoms with Gasteiger partial charge >= 0.3 is 0 Å². The van der Waals surface area contributed by atoms with E-state index >= 15 is 0 Å². The molecule has 0 aliphatic heterocycles. The average molecular weight is 251 g/mol. The SMILES string of the molecule is COCCCCCNc1ccc(N)c(C(N)=O)c1. The van der Waals surface area contributed by atoms with Crippen molar-refractivity contribution in [3.63, 3.8) is 0 Å². The van der Waals surface area contributed by atoms with E-state index in [4.69, 9.17) is 16.2 Å². The Morgan fingerprint density at radius 2 is 2.11 bits per heavy atom. The standard InChI is InChI=1S/C13H21N3O2/c1-18-8-4-2-3-7-16-10-5-6-12(14)11(9-10)13(15)17/h5-6,9,16H,2-4,7-8,14H2,1H3,(H2,15,17). The summed E-state index contributed by atoms with van der Waals surface area (Å²) in [4.78, 5) is 11.1. The molecule has 0 atom stereocenters. The predicted molar refractivity (Wildman–Crippen MR) is 73.6 cm³/mol. The summed E-state index contributed by atoms with van der Waals surface area (Å²) in [5.74, 6) is -0.503. The highest BCUT2D eigenvalue weighted by Gasteiger charge is 2.06. The van der Waals surface area contributed by atoms with Gasteiger partial charge < -0.3 is 21.5 Å². The molecule has 0 saturated heterocycles. The fraction of sp³-hybridized carbons (Fsp3) is 0.462. The lowest BCUT2D eigenvalue weighted by Crippen LogP contribution is -2.14. The van der Waals surface area contributed by atoms with Crippen LogP contribution in [0.2, 0.25) is 0 Å². The summed E-state index contributed by atoms with van der Waals surface area (Å²) in [5.41, 5.74) is 12.5. The van der Waals surface area contributed by atoms with Gasteiger partial charge in [-0.15, -0.1) is 0 Å². The fourth-order valence-electron chi connectivity index (χ4n) is 1.66. The molecular formula is C13H21N3O2. The molecule has 0 radical (unpaired) electrons. The molecular weight excluding hydrogens is 230 g/mol. The molecule has 5 heteroatoms. The van der Waals surface area contributed by atoms with Crippen LogP contribution in [0.5, 0.6) is 0 Å². The van der Waals surface area contributed by atoms with Crippen LogP contribution >= 0.6 is 0 Å². The average Bonchev–Trinajstić information content (AvgIpc) is 2.35. The van der Waals surface area contributed by atoms with Crippen LogP contribution in [0.15, 0.2) is 18.2 Å². The number of unbranched alkanes of at least 4 members (excludes halogenated alkanes) is 2. The summed E-state index contributed by atoms with van der Waals surface area (Å²) in [5, 5.41) is 3.24. The smallest absolute Gasteiger partial charge is 0.250 e. The molecule has 0 unspecified atom stereocenters.